The zero-order chi connectivity index (χ0) is 19.9. The van der Waals surface area contributed by atoms with Crippen molar-refractivity contribution in [1.29, 1.82) is 0 Å². The van der Waals surface area contributed by atoms with Crippen molar-refractivity contribution in [3.8, 4) is 0 Å². The Kier molecular flexibility index (Phi) is 6.94. The molecule has 9 heteroatoms. The van der Waals surface area contributed by atoms with Crippen LogP contribution >= 0.6 is 22.7 Å². The van der Waals surface area contributed by atoms with Crippen LogP contribution in [0.3, 0.4) is 0 Å². The monoisotopic (exact) mass is 418 g/mol. The van der Waals surface area contributed by atoms with Crippen LogP contribution in [-0.2, 0) is 11.3 Å². The van der Waals surface area contributed by atoms with Gasteiger partial charge in [0.1, 0.15) is 10.5 Å². The van der Waals surface area contributed by atoms with E-state index in [-0.39, 0.29) is 23.9 Å². The summed E-state index contributed by atoms with van der Waals surface area (Å²) in [4.78, 5) is 46.2. The molecule has 3 heterocycles. The molecule has 0 aromatic carbocycles. The Bertz CT molecular complexity index is 994. The minimum absolute atomic E-state index is 0.0136. The Hall–Kier alpha value is -2.52. The quantitative estimate of drug-likeness (QED) is 0.522. The molecule has 28 heavy (non-hydrogen) atoms. The third-order valence-electron chi connectivity index (χ3n) is 4.15. The van der Waals surface area contributed by atoms with E-state index in [1.54, 1.807) is 17.0 Å². The molecule has 3 rings (SSSR count). The van der Waals surface area contributed by atoms with Crippen LogP contribution in [-0.4, -0.2) is 39.8 Å². The zero-order valence-electron chi connectivity index (χ0n) is 15.6. The molecule has 3 aromatic rings. The van der Waals surface area contributed by atoms with Gasteiger partial charge in [-0.15, -0.1) is 22.7 Å². The lowest BCUT2D eigenvalue weighted by Gasteiger charge is -2.21. The topological polar surface area (TPSA) is 95.2 Å². The lowest BCUT2D eigenvalue weighted by molar-refractivity contribution is -0.132. The molecule has 148 valence electrons. The highest BCUT2D eigenvalue weighted by molar-refractivity contribution is 7.17. The SMILES string of the molecule is CCCN(Cc1nc2ccsc2c(=O)[nH]1)C(=O)CCCNC(=O)c1cccs1. The number of rotatable bonds is 9. The van der Waals surface area contributed by atoms with Gasteiger partial charge in [0.15, 0.2) is 0 Å². The van der Waals surface area contributed by atoms with Crippen molar-refractivity contribution >= 4 is 44.7 Å². The van der Waals surface area contributed by atoms with Crippen LogP contribution in [0.4, 0.5) is 0 Å². The van der Waals surface area contributed by atoms with Crippen molar-refractivity contribution in [3.05, 3.63) is 50.0 Å². The first-order valence-corrected chi connectivity index (χ1v) is 10.9. The molecule has 2 amide bonds. The molecule has 0 saturated heterocycles. The van der Waals surface area contributed by atoms with E-state index in [1.165, 1.54) is 22.7 Å². The minimum atomic E-state index is -0.171. The fourth-order valence-electron chi connectivity index (χ4n) is 2.83. The maximum absolute atomic E-state index is 12.6. The molecule has 7 nitrogen and oxygen atoms in total. The zero-order valence-corrected chi connectivity index (χ0v) is 17.2. The second-order valence-corrected chi connectivity index (χ2v) is 8.16. The molecule has 2 N–H and O–H groups in total. The third kappa shape index (κ3) is 5.05. The lowest BCUT2D eigenvalue weighted by atomic mass is 10.2. The van der Waals surface area contributed by atoms with E-state index in [4.69, 9.17) is 0 Å². The summed E-state index contributed by atoms with van der Waals surface area (Å²) >= 11 is 2.74. The van der Waals surface area contributed by atoms with Gasteiger partial charge in [-0.05, 0) is 35.7 Å². The van der Waals surface area contributed by atoms with Crippen LogP contribution in [0.2, 0.25) is 0 Å². The van der Waals surface area contributed by atoms with E-state index in [2.05, 4.69) is 15.3 Å². The normalized spacial score (nSPS) is 10.9. The van der Waals surface area contributed by atoms with Crippen molar-refractivity contribution in [2.24, 2.45) is 0 Å². The van der Waals surface area contributed by atoms with Gasteiger partial charge in [0, 0.05) is 19.5 Å². The van der Waals surface area contributed by atoms with Crippen LogP contribution in [0.25, 0.3) is 10.2 Å². The Morgan fingerprint density at radius 3 is 2.86 bits per heavy atom. The molecule has 0 bridgehead atoms. The van der Waals surface area contributed by atoms with E-state index < -0.39 is 0 Å². The summed E-state index contributed by atoms with van der Waals surface area (Å²) in [5.74, 6) is 0.364. The molecule has 0 fully saturated rings. The molecule has 0 atom stereocenters. The fourth-order valence-corrected chi connectivity index (χ4v) is 4.20. The van der Waals surface area contributed by atoms with E-state index in [0.29, 0.717) is 46.8 Å². The van der Waals surface area contributed by atoms with Gasteiger partial charge in [-0.2, -0.15) is 0 Å². The average Bonchev–Trinajstić information content (AvgIpc) is 3.36. The van der Waals surface area contributed by atoms with Gasteiger partial charge in [0.2, 0.25) is 5.91 Å². The van der Waals surface area contributed by atoms with Gasteiger partial charge in [-0.3, -0.25) is 14.4 Å². The van der Waals surface area contributed by atoms with Crippen molar-refractivity contribution in [1.82, 2.24) is 20.2 Å². The number of carbonyl (C=O) groups excluding carboxylic acids is 2. The van der Waals surface area contributed by atoms with E-state index in [1.807, 2.05) is 23.8 Å². The first-order valence-electron chi connectivity index (χ1n) is 9.14. The van der Waals surface area contributed by atoms with Crippen LogP contribution in [0.15, 0.2) is 33.8 Å². The van der Waals surface area contributed by atoms with Gasteiger partial charge < -0.3 is 15.2 Å². The lowest BCUT2D eigenvalue weighted by Crippen LogP contribution is -2.33. The Balaban J connectivity index is 1.54. The van der Waals surface area contributed by atoms with Gasteiger partial charge in [0.05, 0.1) is 16.9 Å². The molecule has 0 saturated carbocycles. The van der Waals surface area contributed by atoms with Crippen molar-refractivity contribution in [2.45, 2.75) is 32.7 Å². The van der Waals surface area contributed by atoms with Crippen LogP contribution < -0.4 is 10.9 Å². The van der Waals surface area contributed by atoms with E-state index in [0.717, 1.165) is 6.42 Å². The number of hydrogen-bond donors (Lipinski definition) is 2. The van der Waals surface area contributed by atoms with E-state index in [9.17, 15) is 14.4 Å². The molecule has 0 aliphatic carbocycles. The fraction of sp³-hybridized carbons (Fsp3) is 0.368. The first kappa shape index (κ1) is 20.2. The highest BCUT2D eigenvalue weighted by atomic mass is 32.1. The predicted molar refractivity (Wildman–Crippen MR) is 112 cm³/mol. The van der Waals surface area contributed by atoms with Crippen molar-refractivity contribution < 1.29 is 9.59 Å². The summed E-state index contributed by atoms with van der Waals surface area (Å²) in [6.07, 6.45) is 1.70. The number of nitrogens with one attached hydrogen (secondary N) is 2. The van der Waals surface area contributed by atoms with Crippen molar-refractivity contribution in [2.75, 3.05) is 13.1 Å². The van der Waals surface area contributed by atoms with Gasteiger partial charge in [-0.1, -0.05) is 13.0 Å². The smallest absolute Gasteiger partial charge is 0.268 e. The molecule has 0 radical (unpaired) electrons. The standard InChI is InChI=1S/C19H22N4O3S2/c1-2-9-23(12-15-21-13-7-11-28-17(13)19(26)22-15)16(24)6-3-8-20-18(25)14-5-4-10-27-14/h4-5,7,10-11H,2-3,6,8-9,12H2,1H3,(H,20,25)(H,21,22,26). The number of amides is 2. The number of carbonyl (C=O) groups is 2. The number of nitrogens with zero attached hydrogens (tertiary/aromatic N) is 2. The number of aromatic nitrogens is 2. The Morgan fingerprint density at radius 1 is 1.25 bits per heavy atom. The Morgan fingerprint density at radius 2 is 2.11 bits per heavy atom. The van der Waals surface area contributed by atoms with Crippen LogP contribution in [0.1, 0.15) is 41.7 Å². The number of fused-ring (bicyclic) bond motifs is 1. The number of hydrogen-bond acceptors (Lipinski definition) is 6. The minimum Gasteiger partial charge on any atom is -0.351 e. The Labute approximate surface area is 170 Å². The van der Waals surface area contributed by atoms with E-state index >= 15 is 0 Å². The molecule has 3 aromatic heterocycles. The molecule has 0 unspecified atom stereocenters. The number of aromatic amines is 1. The van der Waals surface area contributed by atoms with Gasteiger partial charge in [-0.25, -0.2) is 4.98 Å². The van der Waals surface area contributed by atoms with Crippen LogP contribution in [0, 0.1) is 0 Å². The van der Waals surface area contributed by atoms with Crippen molar-refractivity contribution in [3.63, 3.8) is 0 Å². The number of H-pyrrole nitrogens is 1. The second-order valence-electron chi connectivity index (χ2n) is 6.30. The maximum Gasteiger partial charge on any atom is 0.268 e. The summed E-state index contributed by atoms with van der Waals surface area (Å²) in [7, 11) is 0. The highest BCUT2D eigenvalue weighted by Crippen LogP contribution is 2.14. The summed E-state index contributed by atoms with van der Waals surface area (Å²) in [6.45, 7) is 3.30. The highest BCUT2D eigenvalue weighted by Gasteiger charge is 2.15. The molecular weight excluding hydrogens is 396 g/mol. The predicted octanol–water partition coefficient (Wildman–Crippen LogP) is 2.99. The van der Waals surface area contributed by atoms with Crippen LogP contribution in [0.5, 0.6) is 0 Å². The van der Waals surface area contributed by atoms with Gasteiger partial charge in [0.25, 0.3) is 11.5 Å². The summed E-state index contributed by atoms with van der Waals surface area (Å²) in [5, 5.41) is 6.51. The first-order chi connectivity index (χ1) is 13.6. The molecule has 0 aliphatic rings. The third-order valence-corrected chi connectivity index (χ3v) is 5.92. The summed E-state index contributed by atoms with van der Waals surface area (Å²) in [5.41, 5.74) is 0.485. The largest absolute Gasteiger partial charge is 0.351 e. The molecule has 0 spiro atoms. The maximum atomic E-state index is 12.6. The number of thiophene rings is 2. The van der Waals surface area contributed by atoms with Gasteiger partial charge >= 0.3 is 0 Å². The average molecular weight is 419 g/mol. The molecule has 0 aliphatic heterocycles. The summed E-state index contributed by atoms with van der Waals surface area (Å²) in [6, 6.07) is 5.41. The molecular formula is C19H22N4O3S2. The second kappa shape index (κ2) is 9.61. The summed E-state index contributed by atoms with van der Waals surface area (Å²) < 4.78 is 0.596.